The normalized spacial score (nSPS) is 18.9. The first-order valence-electron chi connectivity index (χ1n) is 13.6. The predicted molar refractivity (Wildman–Crippen MR) is 160 cm³/mol. The molecule has 2 aliphatic rings. The largest absolute Gasteiger partial charge is 0.415 e. The van der Waals surface area contributed by atoms with Gasteiger partial charge in [-0.2, -0.15) is 0 Å². The van der Waals surface area contributed by atoms with E-state index in [4.69, 9.17) is 27.9 Å². The van der Waals surface area contributed by atoms with Gasteiger partial charge in [-0.25, -0.2) is 18.6 Å². The van der Waals surface area contributed by atoms with E-state index >= 15 is 0 Å². The molecule has 2 amide bonds. The SMILES string of the molecule is C.CCN(C(=O)Oc1ccc(F)cc1)[C@@H]1CN(C(=O)C2CCN(c3ccc(Cl)cn3)CC2)C[C@H]1c1ccc(F)c(Cl)c1. The predicted octanol–water partition coefficient (Wildman–Crippen LogP) is 7.03. The topological polar surface area (TPSA) is 66.0 Å². The second kappa shape index (κ2) is 13.7. The van der Waals surface area contributed by atoms with Gasteiger partial charge in [-0.05, 0) is 73.9 Å². The van der Waals surface area contributed by atoms with Crippen molar-refractivity contribution >= 4 is 41.0 Å². The number of ether oxygens (including phenoxy) is 1. The lowest BCUT2D eigenvalue weighted by molar-refractivity contribution is -0.135. The van der Waals surface area contributed by atoms with Crippen molar-refractivity contribution in [3.05, 3.63) is 88.0 Å². The molecule has 1 aromatic heterocycles. The molecule has 11 heteroatoms. The van der Waals surface area contributed by atoms with E-state index in [1.165, 1.54) is 30.3 Å². The minimum Gasteiger partial charge on any atom is -0.410 e. The number of nitrogens with zero attached hydrogens (tertiary/aromatic N) is 4. The van der Waals surface area contributed by atoms with Gasteiger partial charge in [0.05, 0.1) is 16.1 Å². The lowest BCUT2D eigenvalue weighted by Gasteiger charge is -2.34. The maximum Gasteiger partial charge on any atom is 0.415 e. The third kappa shape index (κ3) is 6.95. The van der Waals surface area contributed by atoms with Crippen molar-refractivity contribution in [3.8, 4) is 5.75 Å². The average molecular weight is 620 g/mol. The summed E-state index contributed by atoms with van der Waals surface area (Å²) in [5.41, 5.74) is 0.730. The van der Waals surface area contributed by atoms with Crippen LogP contribution in [0, 0.1) is 17.6 Å². The molecule has 0 bridgehead atoms. The van der Waals surface area contributed by atoms with Crippen molar-refractivity contribution in [2.24, 2.45) is 5.92 Å². The Morgan fingerprint density at radius 2 is 1.74 bits per heavy atom. The molecule has 0 spiro atoms. The van der Waals surface area contributed by atoms with Crippen LogP contribution in [-0.2, 0) is 4.79 Å². The number of benzene rings is 2. The molecule has 2 saturated heterocycles. The molecule has 7 nitrogen and oxygen atoms in total. The number of aromatic nitrogens is 1. The van der Waals surface area contributed by atoms with Crippen LogP contribution in [0.1, 0.15) is 38.7 Å². The number of hydrogen-bond acceptors (Lipinski definition) is 5. The first-order valence-corrected chi connectivity index (χ1v) is 14.3. The summed E-state index contributed by atoms with van der Waals surface area (Å²) >= 11 is 12.1. The van der Waals surface area contributed by atoms with Gasteiger partial charge in [-0.1, -0.05) is 36.7 Å². The molecule has 5 rings (SSSR count). The zero-order chi connectivity index (χ0) is 29.1. The number of pyridine rings is 1. The zero-order valence-corrected chi connectivity index (χ0v) is 24.0. The van der Waals surface area contributed by atoms with Crippen LogP contribution in [0.15, 0.2) is 60.8 Å². The van der Waals surface area contributed by atoms with Crippen LogP contribution in [0.5, 0.6) is 5.75 Å². The smallest absolute Gasteiger partial charge is 0.410 e. The van der Waals surface area contributed by atoms with Crippen LogP contribution in [0.25, 0.3) is 0 Å². The van der Waals surface area contributed by atoms with E-state index in [1.807, 2.05) is 13.0 Å². The quantitative estimate of drug-likeness (QED) is 0.296. The molecule has 3 aromatic rings. The van der Waals surface area contributed by atoms with Gasteiger partial charge in [-0.3, -0.25) is 4.79 Å². The Bertz CT molecular complexity index is 1390. The van der Waals surface area contributed by atoms with Crippen LogP contribution < -0.4 is 9.64 Å². The monoisotopic (exact) mass is 618 g/mol. The summed E-state index contributed by atoms with van der Waals surface area (Å²) in [6, 6.07) is 12.9. The Kier molecular flexibility index (Phi) is 10.3. The number of carbonyl (C=O) groups excluding carboxylic acids is 2. The number of piperidine rings is 1. The van der Waals surface area contributed by atoms with E-state index in [2.05, 4.69) is 9.88 Å². The van der Waals surface area contributed by atoms with Crippen molar-refractivity contribution < 1.29 is 23.1 Å². The molecule has 2 fully saturated rings. The fourth-order valence-electron chi connectivity index (χ4n) is 5.68. The van der Waals surface area contributed by atoms with Crippen molar-refractivity contribution in [1.82, 2.24) is 14.8 Å². The van der Waals surface area contributed by atoms with Crippen molar-refractivity contribution in [2.45, 2.75) is 39.2 Å². The Morgan fingerprint density at radius 3 is 2.36 bits per heavy atom. The van der Waals surface area contributed by atoms with Gasteiger partial charge in [0, 0.05) is 50.8 Å². The Balaban J connectivity index is 0.00000405. The molecule has 2 aromatic carbocycles. The number of hydrogen-bond donors (Lipinski definition) is 0. The number of amides is 2. The van der Waals surface area contributed by atoms with Crippen LogP contribution in [0.2, 0.25) is 10.0 Å². The maximum absolute atomic E-state index is 14.0. The van der Waals surface area contributed by atoms with Crippen molar-refractivity contribution in [2.75, 3.05) is 37.6 Å². The second-order valence-corrected chi connectivity index (χ2v) is 11.1. The number of likely N-dealkylation sites (tertiary alicyclic amines) is 1. The van der Waals surface area contributed by atoms with E-state index < -0.39 is 23.8 Å². The summed E-state index contributed by atoms with van der Waals surface area (Å²) in [4.78, 5) is 36.9. The molecule has 3 heterocycles. The molecule has 0 N–H and O–H groups in total. The first kappa shape index (κ1) is 31.5. The van der Waals surface area contributed by atoms with Gasteiger partial charge in [0.15, 0.2) is 0 Å². The molecular formula is C31H34Cl2F2N4O3. The van der Waals surface area contributed by atoms with Crippen LogP contribution >= 0.6 is 23.2 Å². The highest BCUT2D eigenvalue weighted by atomic mass is 35.5. The summed E-state index contributed by atoms with van der Waals surface area (Å²) < 4.78 is 32.9. The second-order valence-electron chi connectivity index (χ2n) is 10.3. The first-order chi connectivity index (χ1) is 19.7. The minimum absolute atomic E-state index is 0. The van der Waals surface area contributed by atoms with Gasteiger partial charge >= 0.3 is 6.09 Å². The van der Waals surface area contributed by atoms with E-state index in [1.54, 1.807) is 34.2 Å². The molecule has 2 aliphatic heterocycles. The number of carbonyl (C=O) groups is 2. The van der Waals surface area contributed by atoms with E-state index in [-0.39, 0.29) is 35.9 Å². The van der Waals surface area contributed by atoms with Crippen LogP contribution in [-0.4, -0.2) is 65.5 Å². The zero-order valence-electron chi connectivity index (χ0n) is 22.5. The lowest BCUT2D eigenvalue weighted by Crippen LogP contribution is -2.47. The third-order valence-electron chi connectivity index (χ3n) is 7.85. The van der Waals surface area contributed by atoms with Crippen molar-refractivity contribution in [1.29, 1.82) is 0 Å². The molecule has 0 unspecified atom stereocenters. The summed E-state index contributed by atoms with van der Waals surface area (Å²) in [6.07, 6.45) is 2.34. The number of halogens is 4. The molecule has 0 radical (unpaired) electrons. The minimum atomic E-state index is -0.611. The van der Waals surface area contributed by atoms with Gasteiger partial charge < -0.3 is 19.4 Å². The van der Waals surface area contributed by atoms with Crippen LogP contribution in [0.3, 0.4) is 0 Å². The average Bonchev–Trinajstić information content (AvgIpc) is 3.41. The standard InChI is InChI=1S/C30H30Cl2F2N4O3.CH4/c1-2-38(30(40)41-23-7-5-22(33)6-8-23)27-18-37(17-24(27)20-3-9-26(34)25(32)15-20)29(39)19-11-13-36(14-12-19)28-10-4-21(31)16-35-28;/h3-10,15-16,19,24,27H,2,11-14,17-18H2,1H3;1H4/t24-,27+;/m0./s1. The fraction of sp³-hybridized carbons (Fsp3) is 0.387. The molecule has 0 saturated carbocycles. The summed E-state index contributed by atoms with van der Waals surface area (Å²) in [5.74, 6) is -0.393. The van der Waals surface area contributed by atoms with E-state index in [0.29, 0.717) is 50.6 Å². The maximum atomic E-state index is 14.0. The Morgan fingerprint density at radius 1 is 1.02 bits per heavy atom. The van der Waals surface area contributed by atoms with Gasteiger partial charge in [-0.15, -0.1) is 0 Å². The van der Waals surface area contributed by atoms with Gasteiger partial charge in [0.25, 0.3) is 0 Å². The Labute approximate surface area is 255 Å². The molecular weight excluding hydrogens is 585 g/mol. The highest BCUT2D eigenvalue weighted by Crippen LogP contribution is 2.35. The highest BCUT2D eigenvalue weighted by Gasteiger charge is 2.43. The van der Waals surface area contributed by atoms with Crippen molar-refractivity contribution in [3.63, 3.8) is 0 Å². The van der Waals surface area contributed by atoms with E-state index in [0.717, 1.165) is 11.4 Å². The number of rotatable bonds is 6. The number of anilines is 1. The number of likely N-dealkylation sites (N-methyl/N-ethyl adjacent to an activating group) is 1. The lowest BCUT2D eigenvalue weighted by atomic mass is 9.93. The summed E-state index contributed by atoms with van der Waals surface area (Å²) in [5, 5.41) is 0.549. The third-order valence-corrected chi connectivity index (χ3v) is 8.36. The van der Waals surface area contributed by atoms with Crippen LogP contribution in [0.4, 0.5) is 19.4 Å². The molecule has 0 aliphatic carbocycles. The summed E-state index contributed by atoms with van der Waals surface area (Å²) in [7, 11) is 0. The van der Waals surface area contributed by atoms with Gasteiger partial charge in [0.1, 0.15) is 23.2 Å². The molecule has 2 atom stereocenters. The van der Waals surface area contributed by atoms with Gasteiger partial charge in [0.2, 0.25) is 5.91 Å². The molecule has 224 valence electrons. The fourth-order valence-corrected chi connectivity index (χ4v) is 5.98. The highest BCUT2D eigenvalue weighted by molar-refractivity contribution is 6.31. The van der Waals surface area contributed by atoms with E-state index in [9.17, 15) is 18.4 Å². The Hall–Kier alpha value is -3.43. The molecule has 42 heavy (non-hydrogen) atoms. The summed E-state index contributed by atoms with van der Waals surface area (Å²) in [6.45, 7) is 4.15.